The Morgan fingerprint density at radius 1 is 1.24 bits per heavy atom. The SMILES string of the molecule is CC(=O)c1c(C)[nH]c(C(=O)C(C)Sc2nnc(NCC(C)C)s2)c1C. The average molecular weight is 381 g/mol. The maximum atomic E-state index is 12.8. The number of anilines is 1. The zero-order valence-electron chi connectivity index (χ0n) is 15.4. The molecule has 25 heavy (non-hydrogen) atoms. The fraction of sp³-hybridized carbons (Fsp3) is 0.529. The summed E-state index contributed by atoms with van der Waals surface area (Å²) in [4.78, 5) is 27.6. The van der Waals surface area contributed by atoms with Crippen LogP contribution in [0.4, 0.5) is 5.13 Å². The van der Waals surface area contributed by atoms with Crippen molar-refractivity contribution in [3.63, 3.8) is 0 Å². The Kier molecular flexibility index (Phi) is 6.40. The van der Waals surface area contributed by atoms with Gasteiger partial charge in [-0.15, -0.1) is 10.2 Å². The lowest BCUT2D eigenvalue weighted by Gasteiger charge is -2.07. The highest BCUT2D eigenvalue weighted by Crippen LogP contribution is 2.31. The van der Waals surface area contributed by atoms with Crippen LogP contribution in [0, 0.1) is 19.8 Å². The molecule has 8 heteroatoms. The second-order valence-electron chi connectivity index (χ2n) is 6.45. The molecule has 0 aliphatic rings. The second kappa shape index (κ2) is 8.14. The molecule has 2 aromatic rings. The second-order valence-corrected chi connectivity index (χ2v) is 9.02. The first-order valence-corrected chi connectivity index (χ1v) is 9.88. The molecule has 0 bridgehead atoms. The number of carbonyl (C=O) groups is 2. The summed E-state index contributed by atoms with van der Waals surface area (Å²) in [6, 6.07) is 0. The van der Waals surface area contributed by atoms with Gasteiger partial charge in [-0.25, -0.2) is 0 Å². The highest BCUT2D eigenvalue weighted by molar-refractivity contribution is 8.02. The molecule has 0 fully saturated rings. The number of H-pyrrole nitrogens is 1. The van der Waals surface area contributed by atoms with E-state index in [4.69, 9.17) is 0 Å². The van der Waals surface area contributed by atoms with E-state index in [9.17, 15) is 9.59 Å². The largest absolute Gasteiger partial charge is 0.360 e. The predicted molar refractivity (Wildman–Crippen MR) is 103 cm³/mol. The Morgan fingerprint density at radius 2 is 1.92 bits per heavy atom. The molecule has 1 atom stereocenters. The number of rotatable bonds is 8. The van der Waals surface area contributed by atoms with E-state index in [1.165, 1.54) is 30.0 Å². The first-order chi connectivity index (χ1) is 11.7. The number of hydrogen-bond donors (Lipinski definition) is 2. The Bertz CT molecular complexity index is 780. The standard InChI is InChI=1S/C17H24N4O2S2/c1-8(2)7-18-16-20-21-17(25-16)24-12(6)15(23)14-9(3)13(11(5)22)10(4)19-14/h8,12,19H,7H2,1-6H3,(H,18,20). The normalized spacial score (nSPS) is 12.4. The molecule has 2 heterocycles. The summed E-state index contributed by atoms with van der Waals surface area (Å²) in [7, 11) is 0. The summed E-state index contributed by atoms with van der Waals surface area (Å²) in [5.74, 6) is 0.454. The Morgan fingerprint density at radius 3 is 2.48 bits per heavy atom. The topological polar surface area (TPSA) is 87.7 Å². The molecule has 2 rings (SSSR count). The van der Waals surface area contributed by atoms with E-state index < -0.39 is 0 Å². The Labute approximate surface area is 156 Å². The lowest BCUT2D eigenvalue weighted by Crippen LogP contribution is -2.15. The summed E-state index contributed by atoms with van der Waals surface area (Å²) in [5, 5.41) is 11.9. The van der Waals surface area contributed by atoms with Crippen LogP contribution in [-0.4, -0.2) is 38.5 Å². The number of hydrogen-bond acceptors (Lipinski definition) is 7. The van der Waals surface area contributed by atoms with Gasteiger partial charge in [0, 0.05) is 17.8 Å². The molecule has 0 radical (unpaired) electrons. The predicted octanol–water partition coefficient (Wildman–Crippen LogP) is 4.12. The molecule has 1 unspecified atom stereocenters. The Hall–Kier alpha value is -1.67. The molecule has 2 aromatic heterocycles. The molecule has 0 spiro atoms. The minimum absolute atomic E-state index is 0.0319. The lowest BCUT2D eigenvalue weighted by atomic mass is 10.0. The Balaban J connectivity index is 2.08. The van der Waals surface area contributed by atoms with Gasteiger partial charge in [-0.1, -0.05) is 36.9 Å². The van der Waals surface area contributed by atoms with Crippen LogP contribution in [0.2, 0.25) is 0 Å². The van der Waals surface area contributed by atoms with Crippen molar-refractivity contribution in [2.24, 2.45) is 5.92 Å². The number of aromatic amines is 1. The van der Waals surface area contributed by atoms with Gasteiger partial charge in [-0.2, -0.15) is 0 Å². The maximum Gasteiger partial charge on any atom is 0.206 e. The van der Waals surface area contributed by atoms with Gasteiger partial charge in [0.2, 0.25) is 5.13 Å². The van der Waals surface area contributed by atoms with Gasteiger partial charge in [0.1, 0.15) is 0 Å². The third-order valence-corrected chi connectivity index (χ3v) is 5.82. The number of Topliss-reactive ketones (excluding diaryl/α,β-unsaturated/α-hetero) is 2. The van der Waals surface area contributed by atoms with Crippen LogP contribution >= 0.6 is 23.1 Å². The molecule has 6 nitrogen and oxygen atoms in total. The molecule has 2 N–H and O–H groups in total. The molecule has 0 aromatic carbocycles. The molecular weight excluding hydrogens is 356 g/mol. The minimum atomic E-state index is -0.317. The number of aryl methyl sites for hydroxylation is 1. The number of ketones is 2. The molecule has 0 aliphatic carbocycles. The number of aromatic nitrogens is 3. The number of nitrogens with one attached hydrogen (secondary N) is 2. The van der Waals surface area contributed by atoms with Crippen LogP contribution in [0.3, 0.4) is 0 Å². The molecule has 136 valence electrons. The quantitative estimate of drug-likeness (QED) is 0.529. The van der Waals surface area contributed by atoms with Crippen molar-refractivity contribution in [1.29, 1.82) is 0 Å². The van der Waals surface area contributed by atoms with E-state index >= 15 is 0 Å². The number of carbonyl (C=O) groups excluding carboxylic acids is 2. The average Bonchev–Trinajstić information content (AvgIpc) is 3.08. The van der Waals surface area contributed by atoms with Gasteiger partial charge < -0.3 is 10.3 Å². The van der Waals surface area contributed by atoms with E-state index in [1.54, 1.807) is 0 Å². The number of thioether (sulfide) groups is 1. The van der Waals surface area contributed by atoms with E-state index in [0.717, 1.165) is 27.3 Å². The summed E-state index contributed by atoms with van der Waals surface area (Å²) in [6.45, 7) is 12.1. The van der Waals surface area contributed by atoms with Crippen molar-refractivity contribution in [2.45, 2.75) is 51.1 Å². The van der Waals surface area contributed by atoms with E-state index in [1.807, 2.05) is 20.8 Å². The van der Waals surface area contributed by atoms with Crippen molar-refractivity contribution in [2.75, 3.05) is 11.9 Å². The van der Waals surface area contributed by atoms with Crippen LogP contribution in [0.25, 0.3) is 0 Å². The lowest BCUT2D eigenvalue weighted by molar-refractivity contribution is 0.0988. The first kappa shape index (κ1) is 19.7. The van der Waals surface area contributed by atoms with E-state index in [-0.39, 0.29) is 16.8 Å². The van der Waals surface area contributed by atoms with Gasteiger partial charge in [0.15, 0.2) is 15.9 Å². The van der Waals surface area contributed by atoms with Crippen molar-refractivity contribution in [1.82, 2.24) is 15.2 Å². The van der Waals surface area contributed by atoms with Crippen LogP contribution in [0.15, 0.2) is 4.34 Å². The molecular formula is C17H24N4O2S2. The molecule has 0 saturated carbocycles. The zero-order chi connectivity index (χ0) is 18.7. The van der Waals surface area contributed by atoms with Crippen LogP contribution in [0.5, 0.6) is 0 Å². The van der Waals surface area contributed by atoms with Crippen molar-refractivity contribution >= 4 is 39.8 Å². The summed E-state index contributed by atoms with van der Waals surface area (Å²) in [6.07, 6.45) is 0. The first-order valence-electron chi connectivity index (χ1n) is 8.19. The smallest absolute Gasteiger partial charge is 0.206 e. The fourth-order valence-electron chi connectivity index (χ4n) is 2.55. The molecule has 0 amide bonds. The zero-order valence-corrected chi connectivity index (χ0v) is 17.0. The third kappa shape index (κ3) is 4.70. The van der Waals surface area contributed by atoms with E-state index in [0.29, 0.717) is 17.2 Å². The van der Waals surface area contributed by atoms with Crippen molar-refractivity contribution in [3.05, 3.63) is 22.5 Å². The number of nitrogens with zero attached hydrogens (tertiary/aromatic N) is 2. The van der Waals surface area contributed by atoms with E-state index in [2.05, 4.69) is 34.3 Å². The van der Waals surface area contributed by atoms with Gasteiger partial charge in [0.05, 0.1) is 10.9 Å². The van der Waals surface area contributed by atoms with Crippen LogP contribution in [-0.2, 0) is 0 Å². The molecule has 0 saturated heterocycles. The summed E-state index contributed by atoms with van der Waals surface area (Å²) >= 11 is 2.83. The molecule has 0 aliphatic heterocycles. The van der Waals surface area contributed by atoms with Gasteiger partial charge in [-0.3, -0.25) is 9.59 Å². The third-order valence-electron chi connectivity index (χ3n) is 3.75. The van der Waals surface area contributed by atoms with Crippen molar-refractivity contribution < 1.29 is 9.59 Å². The summed E-state index contributed by atoms with van der Waals surface area (Å²) < 4.78 is 0.750. The fourth-order valence-corrected chi connectivity index (χ4v) is 4.51. The van der Waals surface area contributed by atoms with Crippen LogP contribution in [0.1, 0.15) is 59.8 Å². The maximum absolute atomic E-state index is 12.8. The highest BCUT2D eigenvalue weighted by atomic mass is 32.2. The van der Waals surface area contributed by atoms with Gasteiger partial charge >= 0.3 is 0 Å². The van der Waals surface area contributed by atoms with Gasteiger partial charge in [-0.05, 0) is 39.2 Å². The monoisotopic (exact) mass is 380 g/mol. The van der Waals surface area contributed by atoms with Gasteiger partial charge in [0.25, 0.3) is 0 Å². The van der Waals surface area contributed by atoms with Crippen molar-refractivity contribution in [3.8, 4) is 0 Å². The summed E-state index contributed by atoms with van der Waals surface area (Å²) in [5.41, 5.74) is 2.57. The highest BCUT2D eigenvalue weighted by Gasteiger charge is 2.25. The van der Waals surface area contributed by atoms with Crippen LogP contribution < -0.4 is 5.32 Å². The minimum Gasteiger partial charge on any atom is -0.360 e.